The number of nitrogens with zero attached hydrogens (tertiary/aromatic N) is 2. The summed E-state index contributed by atoms with van der Waals surface area (Å²) < 4.78 is 0. The molecular formula is C16H21N3S. The van der Waals surface area contributed by atoms with Crippen LogP contribution in [0.4, 0.5) is 0 Å². The maximum absolute atomic E-state index is 4.37. The average molecular weight is 287 g/mol. The van der Waals surface area contributed by atoms with Crippen LogP contribution in [0, 0.1) is 0 Å². The van der Waals surface area contributed by atoms with Gasteiger partial charge in [0.05, 0.1) is 0 Å². The summed E-state index contributed by atoms with van der Waals surface area (Å²) in [4.78, 5) is 11.5. The van der Waals surface area contributed by atoms with Crippen LogP contribution in [0.25, 0.3) is 11.4 Å². The Morgan fingerprint density at radius 3 is 2.80 bits per heavy atom. The summed E-state index contributed by atoms with van der Waals surface area (Å²) in [5.74, 6) is 2.11. The molecule has 20 heavy (non-hydrogen) atoms. The molecule has 0 bridgehead atoms. The summed E-state index contributed by atoms with van der Waals surface area (Å²) in [5, 5.41) is 0. The molecular weight excluding hydrogens is 266 g/mol. The minimum absolute atomic E-state index is 0.964. The highest BCUT2D eigenvalue weighted by Gasteiger charge is 2.11. The van der Waals surface area contributed by atoms with Gasteiger partial charge in [-0.1, -0.05) is 24.6 Å². The normalized spacial score (nSPS) is 16.4. The quantitative estimate of drug-likeness (QED) is 0.852. The van der Waals surface area contributed by atoms with Crippen molar-refractivity contribution in [3.8, 4) is 11.4 Å². The number of aromatic nitrogens is 2. The number of H-pyrrole nitrogens is 1. The van der Waals surface area contributed by atoms with E-state index in [1.165, 1.54) is 49.4 Å². The number of hydrogen-bond donors (Lipinski definition) is 1. The van der Waals surface area contributed by atoms with Crippen molar-refractivity contribution in [1.29, 1.82) is 0 Å². The van der Waals surface area contributed by atoms with Crippen LogP contribution in [0.2, 0.25) is 0 Å². The van der Waals surface area contributed by atoms with Gasteiger partial charge in [0, 0.05) is 35.2 Å². The van der Waals surface area contributed by atoms with Crippen LogP contribution in [0.15, 0.2) is 41.6 Å². The maximum atomic E-state index is 4.37. The van der Waals surface area contributed by atoms with Gasteiger partial charge in [-0.15, -0.1) is 11.8 Å². The first-order valence-corrected chi connectivity index (χ1v) is 8.36. The molecule has 0 spiro atoms. The molecule has 1 fully saturated rings. The van der Waals surface area contributed by atoms with Crippen LogP contribution in [0.5, 0.6) is 0 Å². The van der Waals surface area contributed by atoms with Crippen molar-refractivity contribution in [3.63, 3.8) is 0 Å². The fraction of sp³-hybridized carbons (Fsp3) is 0.438. The number of rotatable bonds is 5. The summed E-state index contributed by atoms with van der Waals surface area (Å²) >= 11 is 1.94. The Balaban J connectivity index is 1.60. The maximum Gasteiger partial charge on any atom is 0.138 e. The van der Waals surface area contributed by atoms with E-state index < -0.39 is 0 Å². The molecule has 106 valence electrons. The van der Waals surface area contributed by atoms with Crippen molar-refractivity contribution < 1.29 is 0 Å². The van der Waals surface area contributed by atoms with Crippen molar-refractivity contribution in [3.05, 3.63) is 36.7 Å². The number of thioether (sulfide) groups is 1. The highest BCUT2D eigenvalue weighted by Crippen LogP contribution is 2.29. The molecule has 0 unspecified atom stereocenters. The van der Waals surface area contributed by atoms with E-state index in [9.17, 15) is 0 Å². The minimum atomic E-state index is 0.964. The second-order valence-electron chi connectivity index (χ2n) is 5.18. The van der Waals surface area contributed by atoms with Crippen LogP contribution in [0.1, 0.15) is 19.3 Å². The lowest BCUT2D eigenvalue weighted by Crippen LogP contribution is -2.31. The van der Waals surface area contributed by atoms with Gasteiger partial charge in [0.1, 0.15) is 5.82 Å². The summed E-state index contributed by atoms with van der Waals surface area (Å²) in [7, 11) is 0. The molecule has 0 amide bonds. The molecule has 1 N–H and O–H groups in total. The molecule has 2 heterocycles. The summed E-state index contributed by atoms with van der Waals surface area (Å²) in [6.45, 7) is 3.75. The van der Waals surface area contributed by atoms with E-state index in [4.69, 9.17) is 0 Å². The zero-order valence-corrected chi connectivity index (χ0v) is 12.5. The van der Waals surface area contributed by atoms with Crippen molar-refractivity contribution in [2.24, 2.45) is 0 Å². The molecule has 0 atom stereocenters. The van der Waals surface area contributed by atoms with E-state index in [-0.39, 0.29) is 0 Å². The third kappa shape index (κ3) is 3.44. The lowest BCUT2D eigenvalue weighted by Gasteiger charge is -2.26. The van der Waals surface area contributed by atoms with Crippen molar-refractivity contribution in [1.82, 2.24) is 14.9 Å². The molecule has 0 saturated carbocycles. The van der Waals surface area contributed by atoms with Gasteiger partial charge in [-0.3, -0.25) is 0 Å². The van der Waals surface area contributed by atoms with E-state index in [0.717, 1.165) is 11.6 Å². The number of piperidine rings is 1. The average Bonchev–Trinajstić information content (AvgIpc) is 3.03. The second-order valence-corrected chi connectivity index (χ2v) is 6.32. The predicted octanol–water partition coefficient (Wildman–Crippen LogP) is 3.65. The van der Waals surface area contributed by atoms with E-state index in [1.807, 2.05) is 24.2 Å². The van der Waals surface area contributed by atoms with Crippen LogP contribution < -0.4 is 0 Å². The van der Waals surface area contributed by atoms with Crippen LogP contribution in [0.3, 0.4) is 0 Å². The monoisotopic (exact) mass is 287 g/mol. The Labute approximate surface area is 124 Å². The minimum Gasteiger partial charge on any atom is -0.345 e. The van der Waals surface area contributed by atoms with Crippen LogP contribution in [-0.2, 0) is 0 Å². The van der Waals surface area contributed by atoms with Crippen LogP contribution >= 0.6 is 11.8 Å². The van der Waals surface area contributed by atoms with Crippen LogP contribution in [-0.4, -0.2) is 40.3 Å². The highest BCUT2D eigenvalue weighted by atomic mass is 32.2. The first-order chi connectivity index (χ1) is 9.93. The predicted molar refractivity (Wildman–Crippen MR) is 85.0 cm³/mol. The molecule has 3 rings (SSSR count). The summed E-state index contributed by atoms with van der Waals surface area (Å²) in [6, 6.07) is 8.52. The number of imidazole rings is 1. The van der Waals surface area contributed by atoms with E-state index in [1.54, 1.807) is 0 Å². The van der Waals surface area contributed by atoms with Gasteiger partial charge < -0.3 is 9.88 Å². The summed E-state index contributed by atoms with van der Waals surface area (Å²) in [6.07, 6.45) is 7.83. The SMILES string of the molecule is c1ccc(-c2ncc[nH]2)c(SCCN2CCCCC2)c1. The first kappa shape index (κ1) is 13.7. The van der Waals surface area contributed by atoms with Crippen molar-refractivity contribution in [2.75, 3.05) is 25.4 Å². The third-order valence-corrected chi connectivity index (χ3v) is 4.81. The molecule has 3 nitrogen and oxygen atoms in total. The smallest absolute Gasteiger partial charge is 0.138 e. The first-order valence-electron chi connectivity index (χ1n) is 7.37. The van der Waals surface area contributed by atoms with E-state index in [2.05, 4.69) is 39.1 Å². The van der Waals surface area contributed by atoms with Gasteiger partial charge in [0.2, 0.25) is 0 Å². The molecule has 1 aromatic carbocycles. The topological polar surface area (TPSA) is 31.9 Å². The molecule has 1 aromatic heterocycles. The zero-order chi connectivity index (χ0) is 13.6. The third-order valence-electron chi connectivity index (χ3n) is 3.75. The number of hydrogen-bond acceptors (Lipinski definition) is 3. The van der Waals surface area contributed by atoms with E-state index in [0.29, 0.717) is 0 Å². The van der Waals surface area contributed by atoms with Gasteiger partial charge in [-0.05, 0) is 32.0 Å². The number of aromatic amines is 1. The highest BCUT2D eigenvalue weighted by molar-refractivity contribution is 7.99. The van der Waals surface area contributed by atoms with E-state index >= 15 is 0 Å². The van der Waals surface area contributed by atoms with Gasteiger partial charge in [0.15, 0.2) is 0 Å². The molecule has 4 heteroatoms. The number of likely N-dealkylation sites (tertiary alicyclic amines) is 1. The Kier molecular flexibility index (Phi) is 4.77. The van der Waals surface area contributed by atoms with Gasteiger partial charge in [-0.25, -0.2) is 4.98 Å². The Bertz CT molecular complexity index is 518. The van der Waals surface area contributed by atoms with Gasteiger partial charge >= 0.3 is 0 Å². The molecule has 1 aliphatic heterocycles. The largest absolute Gasteiger partial charge is 0.345 e. The Morgan fingerprint density at radius 2 is 2.00 bits per heavy atom. The Morgan fingerprint density at radius 1 is 1.15 bits per heavy atom. The molecule has 0 aliphatic carbocycles. The Hall–Kier alpha value is -1.26. The van der Waals surface area contributed by atoms with Gasteiger partial charge in [-0.2, -0.15) is 0 Å². The summed E-state index contributed by atoms with van der Waals surface area (Å²) in [5.41, 5.74) is 1.21. The fourth-order valence-corrected chi connectivity index (χ4v) is 3.73. The lowest BCUT2D eigenvalue weighted by molar-refractivity contribution is 0.242. The number of nitrogens with one attached hydrogen (secondary N) is 1. The fourth-order valence-electron chi connectivity index (χ4n) is 2.67. The zero-order valence-electron chi connectivity index (χ0n) is 11.7. The lowest BCUT2D eigenvalue weighted by atomic mass is 10.1. The van der Waals surface area contributed by atoms with Crippen molar-refractivity contribution in [2.45, 2.75) is 24.2 Å². The second kappa shape index (κ2) is 6.95. The van der Waals surface area contributed by atoms with Crippen molar-refractivity contribution >= 4 is 11.8 Å². The molecule has 2 aromatic rings. The molecule has 1 aliphatic rings. The molecule has 0 radical (unpaired) electrons. The standard InChI is InChI=1S/C16H21N3S/c1-4-10-19(11-5-1)12-13-20-15-7-3-2-6-14(15)16-17-8-9-18-16/h2-3,6-9H,1,4-5,10-13H2,(H,17,18). The number of benzene rings is 1. The molecule has 1 saturated heterocycles. The van der Waals surface area contributed by atoms with Gasteiger partial charge in [0.25, 0.3) is 0 Å².